The van der Waals surface area contributed by atoms with Crippen LogP contribution < -0.4 is 10.6 Å². The fourth-order valence-corrected chi connectivity index (χ4v) is 4.03. The first kappa shape index (κ1) is 18.2. The largest absolute Gasteiger partial charge is 0.366 e. The van der Waals surface area contributed by atoms with E-state index >= 15 is 0 Å². The molecule has 5 rings (SSSR count). The number of nitrogens with two attached hydrogens (primary N) is 1. The molecule has 0 bridgehead atoms. The second-order valence-electron chi connectivity index (χ2n) is 7.65. The third-order valence-electron chi connectivity index (χ3n) is 5.67. The molecule has 6 nitrogen and oxygen atoms in total. The third-order valence-corrected chi connectivity index (χ3v) is 5.67. The number of aryl methyl sites for hydroxylation is 1. The number of carbonyl (C=O) groups excluding carboxylic acids is 1. The summed E-state index contributed by atoms with van der Waals surface area (Å²) in [6.07, 6.45) is 3.44. The van der Waals surface area contributed by atoms with Gasteiger partial charge in [-0.2, -0.15) is 0 Å². The van der Waals surface area contributed by atoms with E-state index in [1.807, 2.05) is 37.3 Å². The highest BCUT2D eigenvalue weighted by atomic mass is 16.1. The average Bonchev–Trinajstić information content (AvgIpc) is 2.72. The summed E-state index contributed by atoms with van der Waals surface area (Å²) in [7, 11) is 0. The molecule has 3 heterocycles. The van der Waals surface area contributed by atoms with E-state index in [4.69, 9.17) is 10.7 Å². The molecule has 30 heavy (non-hydrogen) atoms. The number of hydrogen-bond acceptors (Lipinski definition) is 5. The summed E-state index contributed by atoms with van der Waals surface area (Å²) in [4.78, 5) is 27.8. The summed E-state index contributed by atoms with van der Waals surface area (Å²) >= 11 is 0. The third kappa shape index (κ3) is 3.16. The Kier molecular flexibility index (Phi) is 4.39. The van der Waals surface area contributed by atoms with Crippen LogP contribution in [0.2, 0.25) is 0 Å². The van der Waals surface area contributed by atoms with Crippen LogP contribution in [0.15, 0.2) is 67.0 Å². The zero-order chi connectivity index (χ0) is 20.7. The molecule has 0 aliphatic carbocycles. The van der Waals surface area contributed by atoms with Crippen LogP contribution in [0.3, 0.4) is 0 Å². The number of benzene rings is 2. The van der Waals surface area contributed by atoms with Gasteiger partial charge in [-0.15, -0.1) is 0 Å². The number of hydrogen-bond donors (Lipinski definition) is 1. The first-order valence-corrected chi connectivity index (χ1v) is 9.92. The van der Waals surface area contributed by atoms with Gasteiger partial charge in [0.15, 0.2) is 0 Å². The van der Waals surface area contributed by atoms with Crippen LogP contribution in [-0.4, -0.2) is 33.9 Å². The molecule has 0 saturated carbocycles. The van der Waals surface area contributed by atoms with Gasteiger partial charge in [0.05, 0.1) is 16.9 Å². The highest BCUT2D eigenvalue weighted by Gasteiger charge is 2.32. The van der Waals surface area contributed by atoms with Gasteiger partial charge < -0.3 is 10.6 Å². The molecule has 0 unspecified atom stereocenters. The maximum Gasteiger partial charge on any atom is 0.248 e. The van der Waals surface area contributed by atoms with Gasteiger partial charge in [0.25, 0.3) is 0 Å². The molecule has 2 N–H and O–H groups in total. The van der Waals surface area contributed by atoms with Crippen molar-refractivity contribution < 1.29 is 4.79 Å². The molecule has 6 heteroatoms. The van der Waals surface area contributed by atoms with E-state index in [0.717, 1.165) is 52.3 Å². The summed E-state index contributed by atoms with van der Waals surface area (Å²) in [6.45, 7) is 3.57. The van der Waals surface area contributed by atoms with E-state index < -0.39 is 5.91 Å². The van der Waals surface area contributed by atoms with Gasteiger partial charge >= 0.3 is 0 Å². The van der Waals surface area contributed by atoms with Crippen LogP contribution in [0, 0.1) is 6.92 Å². The zero-order valence-corrected chi connectivity index (χ0v) is 16.6. The van der Waals surface area contributed by atoms with Crippen molar-refractivity contribution in [2.75, 3.05) is 18.0 Å². The van der Waals surface area contributed by atoms with Crippen molar-refractivity contribution in [2.45, 2.75) is 12.8 Å². The Labute approximate surface area is 174 Å². The Bertz CT molecular complexity index is 1260. The highest BCUT2D eigenvalue weighted by molar-refractivity contribution is 5.94. The lowest BCUT2D eigenvalue weighted by atomic mass is 9.91. The Balaban J connectivity index is 1.40. The van der Waals surface area contributed by atoms with E-state index in [9.17, 15) is 4.79 Å². The number of nitrogens with zero attached hydrogens (tertiary/aromatic N) is 4. The summed E-state index contributed by atoms with van der Waals surface area (Å²) < 4.78 is 0. The van der Waals surface area contributed by atoms with Crippen molar-refractivity contribution in [1.29, 1.82) is 0 Å². The van der Waals surface area contributed by atoms with Gasteiger partial charge in [0.1, 0.15) is 5.82 Å². The van der Waals surface area contributed by atoms with Crippen molar-refractivity contribution in [2.24, 2.45) is 5.73 Å². The van der Waals surface area contributed by atoms with Gasteiger partial charge in [-0.25, -0.2) is 4.98 Å². The van der Waals surface area contributed by atoms with Crippen LogP contribution in [0.25, 0.3) is 22.2 Å². The van der Waals surface area contributed by atoms with E-state index in [2.05, 4.69) is 33.1 Å². The molecule has 2 aromatic heterocycles. The number of primary amides is 1. The highest BCUT2D eigenvalue weighted by Crippen LogP contribution is 2.35. The molecule has 4 aromatic rings. The number of fused-ring (bicyclic) bond motifs is 1. The molecule has 148 valence electrons. The van der Waals surface area contributed by atoms with Crippen molar-refractivity contribution in [1.82, 2.24) is 15.0 Å². The molecule has 2 aromatic carbocycles. The topological polar surface area (TPSA) is 85.0 Å². The number of aromatic nitrogens is 3. The van der Waals surface area contributed by atoms with Crippen LogP contribution in [-0.2, 0) is 0 Å². The van der Waals surface area contributed by atoms with Crippen molar-refractivity contribution in [3.63, 3.8) is 0 Å². The molecule has 0 spiro atoms. The molecule has 1 aliphatic heterocycles. The lowest BCUT2D eigenvalue weighted by Gasteiger charge is -2.40. The number of rotatable bonds is 4. The van der Waals surface area contributed by atoms with Crippen LogP contribution in [0.5, 0.6) is 0 Å². The lowest BCUT2D eigenvalue weighted by Crippen LogP contribution is -2.46. The average molecular weight is 395 g/mol. The summed E-state index contributed by atoms with van der Waals surface area (Å²) in [5.41, 5.74) is 10.6. The maximum absolute atomic E-state index is 11.5. The van der Waals surface area contributed by atoms with Gasteiger partial charge in [0, 0.05) is 47.9 Å². The Morgan fingerprint density at radius 1 is 1.03 bits per heavy atom. The SMILES string of the molecule is Cc1cc(-c2nccnc2C2CN(c3ccc4ccccc4n3)C2)ccc1C(N)=O. The van der Waals surface area contributed by atoms with Gasteiger partial charge in [-0.05, 0) is 42.8 Å². The number of amides is 1. The van der Waals surface area contributed by atoms with Gasteiger partial charge in [-0.3, -0.25) is 14.8 Å². The fourth-order valence-electron chi connectivity index (χ4n) is 4.03. The Hall–Kier alpha value is -3.80. The monoisotopic (exact) mass is 395 g/mol. The van der Waals surface area contributed by atoms with Crippen molar-refractivity contribution in [3.8, 4) is 11.3 Å². The maximum atomic E-state index is 11.5. The molecule has 1 aliphatic rings. The van der Waals surface area contributed by atoms with E-state index in [0.29, 0.717) is 5.56 Å². The van der Waals surface area contributed by atoms with Gasteiger partial charge in [-0.1, -0.05) is 24.3 Å². The molecular formula is C24H21N5O. The lowest BCUT2D eigenvalue weighted by molar-refractivity contribution is 0.0999. The van der Waals surface area contributed by atoms with E-state index in [1.165, 1.54) is 0 Å². The van der Waals surface area contributed by atoms with Crippen LogP contribution in [0.4, 0.5) is 5.82 Å². The second-order valence-corrected chi connectivity index (χ2v) is 7.65. The zero-order valence-electron chi connectivity index (χ0n) is 16.6. The molecule has 0 radical (unpaired) electrons. The quantitative estimate of drug-likeness (QED) is 0.569. The summed E-state index contributed by atoms with van der Waals surface area (Å²) in [5, 5.41) is 1.14. The standard InChI is InChI=1S/C24H21N5O/c1-15-12-17(6-8-19(15)24(25)30)22-23(27-11-10-26-22)18-13-29(14-18)21-9-7-16-4-2-3-5-20(16)28-21/h2-12,18H,13-14H2,1H3,(H2,25,30). The minimum Gasteiger partial charge on any atom is -0.366 e. The molecule has 0 atom stereocenters. The number of para-hydroxylation sites is 1. The van der Waals surface area contributed by atoms with Gasteiger partial charge in [0.2, 0.25) is 5.91 Å². The first-order chi connectivity index (χ1) is 14.6. The predicted molar refractivity (Wildman–Crippen MR) is 117 cm³/mol. The molecule has 1 fully saturated rings. The van der Waals surface area contributed by atoms with Crippen LogP contribution >= 0.6 is 0 Å². The molecule has 1 saturated heterocycles. The van der Waals surface area contributed by atoms with Crippen molar-refractivity contribution in [3.05, 3.63) is 83.8 Å². The fraction of sp³-hybridized carbons (Fsp3) is 0.167. The molecule has 1 amide bonds. The van der Waals surface area contributed by atoms with E-state index in [-0.39, 0.29) is 5.92 Å². The smallest absolute Gasteiger partial charge is 0.248 e. The first-order valence-electron chi connectivity index (χ1n) is 9.92. The summed E-state index contributed by atoms with van der Waals surface area (Å²) in [6, 6.07) is 17.9. The second kappa shape index (κ2) is 7.22. The summed E-state index contributed by atoms with van der Waals surface area (Å²) in [5.74, 6) is 0.839. The minimum absolute atomic E-state index is 0.276. The number of anilines is 1. The normalized spacial score (nSPS) is 14.0. The Morgan fingerprint density at radius 3 is 2.63 bits per heavy atom. The van der Waals surface area contributed by atoms with Crippen LogP contribution in [0.1, 0.15) is 27.5 Å². The number of carbonyl (C=O) groups is 1. The predicted octanol–water partition coefficient (Wildman–Crippen LogP) is 3.70. The number of pyridine rings is 1. The molecular weight excluding hydrogens is 374 g/mol. The van der Waals surface area contributed by atoms with Crippen molar-refractivity contribution >= 4 is 22.6 Å². The van der Waals surface area contributed by atoms with E-state index in [1.54, 1.807) is 18.5 Å². The Morgan fingerprint density at radius 2 is 1.83 bits per heavy atom. The minimum atomic E-state index is -0.420.